The van der Waals surface area contributed by atoms with Gasteiger partial charge in [-0.3, -0.25) is 9.59 Å². The quantitative estimate of drug-likeness (QED) is 0.445. The number of carbonyl (C=O) groups excluding carboxylic acids is 2. The van der Waals surface area contributed by atoms with Crippen molar-refractivity contribution in [3.05, 3.63) is 86.6 Å². The standard InChI is InChI=1S/C27H29ClFN3O2S/c1-27(2,16-18-7-9-21(29)10-8-18)31-25(34)23-17-35-26(30-23)19-11-13-32(14-12-19)24(33)15-20-5-3-4-6-22(20)28/h3-10,17,19H,11-16H2,1-2H3,(H,31,34). The average molecular weight is 514 g/mol. The minimum atomic E-state index is -0.508. The number of benzene rings is 2. The summed E-state index contributed by atoms with van der Waals surface area (Å²) in [7, 11) is 0. The molecule has 0 unspecified atom stereocenters. The molecule has 0 radical (unpaired) electrons. The van der Waals surface area contributed by atoms with Crippen molar-refractivity contribution in [1.29, 1.82) is 0 Å². The molecule has 1 fully saturated rings. The van der Waals surface area contributed by atoms with E-state index in [9.17, 15) is 14.0 Å². The van der Waals surface area contributed by atoms with Crippen LogP contribution >= 0.6 is 22.9 Å². The fourth-order valence-electron chi connectivity index (χ4n) is 4.40. The Balaban J connectivity index is 1.30. The van der Waals surface area contributed by atoms with Gasteiger partial charge in [0.25, 0.3) is 5.91 Å². The Labute approximate surface area is 214 Å². The second-order valence-electron chi connectivity index (χ2n) is 9.64. The van der Waals surface area contributed by atoms with Gasteiger partial charge in [-0.25, -0.2) is 9.37 Å². The van der Waals surface area contributed by atoms with Crippen LogP contribution in [0.15, 0.2) is 53.9 Å². The van der Waals surface area contributed by atoms with Crippen molar-refractivity contribution in [1.82, 2.24) is 15.2 Å². The molecule has 2 amide bonds. The largest absolute Gasteiger partial charge is 0.345 e. The molecule has 8 heteroatoms. The number of aromatic nitrogens is 1. The summed E-state index contributed by atoms with van der Waals surface area (Å²) in [6.07, 6.45) is 2.52. The summed E-state index contributed by atoms with van der Waals surface area (Å²) in [5.74, 6) is -0.175. The predicted octanol–water partition coefficient (Wildman–Crippen LogP) is 5.64. The number of rotatable bonds is 7. The molecule has 0 spiro atoms. The molecule has 1 aliphatic heterocycles. The van der Waals surface area contributed by atoms with Crippen molar-refractivity contribution in [2.75, 3.05) is 13.1 Å². The maximum atomic E-state index is 13.2. The van der Waals surface area contributed by atoms with Gasteiger partial charge in [0.1, 0.15) is 11.5 Å². The van der Waals surface area contributed by atoms with E-state index in [4.69, 9.17) is 11.6 Å². The Hall–Kier alpha value is -2.77. The molecule has 3 aromatic rings. The summed E-state index contributed by atoms with van der Waals surface area (Å²) in [6, 6.07) is 13.8. The zero-order valence-corrected chi connectivity index (χ0v) is 21.5. The van der Waals surface area contributed by atoms with E-state index in [0.717, 1.165) is 29.0 Å². The Morgan fingerprint density at radius 3 is 2.51 bits per heavy atom. The lowest BCUT2D eigenvalue weighted by Crippen LogP contribution is -2.45. The molecule has 4 rings (SSSR count). The van der Waals surface area contributed by atoms with E-state index in [0.29, 0.717) is 36.6 Å². The number of hydrogen-bond donors (Lipinski definition) is 1. The number of hydrogen-bond acceptors (Lipinski definition) is 4. The molecule has 0 atom stereocenters. The minimum absolute atomic E-state index is 0.0825. The van der Waals surface area contributed by atoms with Crippen LogP contribution < -0.4 is 5.32 Å². The second-order valence-corrected chi connectivity index (χ2v) is 10.9. The monoisotopic (exact) mass is 513 g/mol. The molecule has 2 heterocycles. The number of likely N-dealkylation sites (tertiary alicyclic amines) is 1. The highest BCUT2D eigenvalue weighted by atomic mass is 35.5. The van der Waals surface area contributed by atoms with Crippen molar-refractivity contribution in [3.8, 4) is 0 Å². The third-order valence-electron chi connectivity index (χ3n) is 6.26. The Bertz CT molecular complexity index is 1190. The summed E-state index contributed by atoms with van der Waals surface area (Å²) < 4.78 is 13.2. The van der Waals surface area contributed by atoms with Crippen LogP contribution in [0, 0.1) is 5.82 Å². The van der Waals surface area contributed by atoms with Crippen molar-refractivity contribution < 1.29 is 14.0 Å². The molecule has 1 aromatic heterocycles. The van der Waals surface area contributed by atoms with E-state index in [1.54, 1.807) is 23.6 Å². The number of halogens is 2. The Morgan fingerprint density at radius 2 is 1.83 bits per heavy atom. The van der Waals surface area contributed by atoms with Gasteiger partial charge in [-0.05, 0) is 62.4 Å². The molecule has 1 N–H and O–H groups in total. The fourth-order valence-corrected chi connectivity index (χ4v) is 5.57. The van der Waals surface area contributed by atoms with E-state index in [2.05, 4.69) is 10.3 Å². The van der Waals surface area contributed by atoms with Gasteiger partial charge in [0, 0.05) is 34.9 Å². The van der Waals surface area contributed by atoms with E-state index in [1.807, 2.05) is 36.9 Å². The molecule has 0 bridgehead atoms. The van der Waals surface area contributed by atoms with E-state index >= 15 is 0 Å². The van der Waals surface area contributed by atoms with Crippen LogP contribution in [-0.4, -0.2) is 40.3 Å². The normalized spacial score (nSPS) is 14.7. The van der Waals surface area contributed by atoms with Crippen LogP contribution in [0.3, 0.4) is 0 Å². The summed E-state index contributed by atoms with van der Waals surface area (Å²) in [6.45, 7) is 5.22. The van der Waals surface area contributed by atoms with Crippen LogP contribution in [-0.2, 0) is 17.6 Å². The molecule has 184 valence electrons. The second kappa shape index (κ2) is 10.9. The highest BCUT2D eigenvalue weighted by Gasteiger charge is 2.28. The maximum Gasteiger partial charge on any atom is 0.271 e. The molecule has 2 aromatic carbocycles. The lowest BCUT2D eigenvalue weighted by molar-refractivity contribution is -0.131. The number of piperidine rings is 1. The molecule has 35 heavy (non-hydrogen) atoms. The van der Waals surface area contributed by atoms with Crippen LogP contribution in [0.4, 0.5) is 4.39 Å². The molecular weight excluding hydrogens is 485 g/mol. The minimum Gasteiger partial charge on any atom is -0.345 e. The van der Waals surface area contributed by atoms with Crippen LogP contribution in [0.2, 0.25) is 5.02 Å². The first kappa shape index (κ1) is 25.3. The van der Waals surface area contributed by atoms with Crippen molar-refractivity contribution >= 4 is 34.8 Å². The predicted molar refractivity (Wildman–Crippen MR) is 137 cm³/mol. The number of nitrogens with one attached hydrogen (secondary N) is 1. The summed E-state index contributed by atoms with van der Waals surface area (Å²) in [5, 5.41) is 6.40. The number of thiazole rings is 1. The van der Waals surface area contributed by atoms with Crippen LogP contribution in [0.1, 0.15) is 59.2 Å². The van der Waals surface area contributed by atoms with Gasteiger partial charge in [-0.1, -0.05) is 41.9 Å². The Morgan fingerprint density at radius 1 is 1.14 bits per heavy atom. The zero-order chi connectivity index (χ0) is 25.0. The van der Waals surface area contributed by atoms with Gasteiger partial charge >= 0.3 is 0 Å². The van der Waals surface area contributed by atoms with Gasteiger partial charge in [0.2, 0.25) is 5.91 Å². The van der Waals surface area contributed by atoms with E-state index in [-0.39, 0.29) is 23.5 Å². The van der Waals surface area contributed by atoms with Crippen molar-refractivity contribution in [3.63, 3.8) is 0 Å². The van der Waals surface area contributed by atoms with Gasteiger partial charge < -0.3 is 10.2 Å². The summed E-state index contributed by atoms with van der Waals surface area (Å²) in [5.41, 5.74) is 1.70. The van der Waals surface area contributed by atoms with Crippen LogP contribution in [0.5, 0.6) is 0 Å². The fraction of sp³-hybridized carbons (Fsp3) is 0.370. The highest BCUT2D eigenvalue weighted by molar-refractivity contribution is 7.09. The molecule has 0 saturated carbocycles. The highest BCUT2D eigenvalue weighted by Crippen LogP contribution is 2.31. The molecule has 1 saturated heterocycles. The summed E-state index contributed by atoms with van der Waals surface area (Å²) >= 11 is 7.70. The maximum absolute atomic E-state index is 13.2. The lowest BCUT2D eigenvalue weighted by atomic mass is 9.94. The van der Waals surface area contributed by atoms with Crippen molar-refractivity contribution in [2.24, 2.45) is 0 Å². The molecule has 0 aliphatic carbocycles. The zero-order valence-electron chi connectivity index (χ0n) is 19.9. The number of nitrogens with zero attached hydrogens (tertiary/aromatic N) is 2. The molecule has 1 aliphatic rings. The lowest BCUT2D eigenvalue weighted by Gasteiger charge is -2.31. The topological polar surface area (TPSA) is 62.3 Å². The SMILES string of the molecule is CC(C)(Cc1ccc(F)cc1)NC(=O)c1csc(C2CCN(C(=O)Cc3ccccc3Cl)CC2)n1. The Kier molecular flexibility index (Phi) is 7.87. The van der Waals surface area contributed by atoms with Gasteiger partial charge in [0.15, 0.2) is 0 Å². The third kappa shape index (κ3) is 6.67. The average Bonchev–Trinajstić information content (AvgIpc) is 3.32. The van der Waals surface area contributed by atoms with E-state index < -0.39 is 5.54 Å². The summed E-state index contributed by atoms with van der Waals surface area (Å²) in [4.78, 5) is 32.1. The molecular formula is C27H29ClFN3O2S. The number of carbonyl (C=O) groups is 2. The van der Waals surface area contributed by atoms with E-state index in [1.165, 1.54) is 23.5 Å². The van der Waals surface area contributed by atoms with Crippen molar-refractivity contribution in [2.45, 2.75) is 51.0 Å². The number of amides is 2. The smallest absolute Gasteiger partial charge is 0.271 e. The molecule has 5 nitrogen and oxygen atoms in total. The van der Waals surface area contributed by atoms with Gasteiger partial charge in [0.05, 0.1) is 11.4 Å². The first-order valence-corrected chi connectivity index (χ1v) is 13.0. The third-order valence-corrected chi connectivity index (χ3v) is 7.64. The van der Waals surface area contributed by atoms with Gasteiger partial charge in [-0.15, -0.1) is 11.3 Å². The first-order valence-electron chi connectivity index (χ1n) is 11.7. The van der Waals surface area contributed by atoms with Crippen LogP contribution in [0.25, 0.3) is 0 Å². The van der Waals surface area contributed by atoms with Gasteiger partial charge in [-0.2, -0.15) is 0 Å². The first-order chi connectivity index (χ1) is 16.7.